The van der Waals surface area contributed by atoms with Gasteiger partial charge in [0.2, 0.25) is 0 Å². The number of anilines is 3. The maximum Gasteiger partial charge on any atom is 0.136 e. The lowest BCUT2D eigenvalue weighted by Gasteiger charge is -2.51. The smallest absolute Gasteiger partial charge is 0.136 e. The molecule has 3 fully saturated rings. The Labute approximate surface area is 433 Å². The molecule has 6 atom stereocenters. The number of hydrogen-bond acceptors (Lipinski definition) is 2. The van der Waals surface area contributed by atoms with Crippen LogP contribution >= 0.6 is 0 Å². The fourth-order valence-electron chi connectivity index (χ4n) is 16.6. The highest BCUT2D eigenvalue weighted by atomic mass is 16.3. The van der Waals surface area contributed by atoms with Crippen LogP contribution in [0.4, 0.5) is 17.1 Å². The molecule has 3 saturated carbocycles. The van der Waals surface area contributed by atoms with E-state index in [4.69, 9.17) is 4.42 Å². The molecule has 10 aromatic carbocycles. The first-order valence-electron chi connectivity index (χ1n) is 27.1. The SMILES string of the molecule is CC1C[C@@H]2CC3C[C@H](C1)C21c2cc(N(c4ccc(-c5ccccc5)cc4)c4ccc(-c5ccccc5-c5cccc6oc7ccccc7c56)cc4)ccc2C2(c4ccccc4-c4ccccc42)c2ccccc2C31. The molecule has 2 spiro atoms. The fourth-order valence-corrected chi connectivity index (χ4v) is 16.6. The van der Waals surface area contributed by atoms with Gasteiger partial charge in [-0.05, 0) is 182 Å². The second-order valence-corrected chi connectivity index (χ2v) is 22.4. The summed E-state index contributed by atoms with van der Waals surface area (Å²) in [5.41, 5.74) is 23.9. The van der Waals surface area contributed by atoms with Gasteiger partial charge in [0.1, 0.15) is 11.2 Å². The van der Waals surface area contributed by atoms with Gasteiger partial charge in [-0.25, -0.2) is 0 Å². The summed E-state index contributed by atoms with van der Waals surface area (Å²) in [6.45, 7) is 2.54. The van der Waals surface area contributed by atoms with E-state index in [1.165, 1.54) is 98.1 Å². The van der Waals surface area contributed by atoms with Crippen molar-refractivity contribution in [1.82, 2.24) is 0 Å². The standard InChI is InChI=1S/C72H55NO/c1-45-40-50-42-49-43-51(41-45)71(50)66-44-54(38-39-65(66)72(64-27-13-9-22-60(64)70(49)71)62-25-11-7-20-57(62)58-21-8-12-26-63(58)72)73(52-34-30-47(31-35-52)46-16-3-2-4-17-46)53-36-32-48(33-37-53)55-18-5-6-19-56(55)59-24-15-29-68-69(59)61-23-10-14-28-67(61)74-68/h2-39,44-45,49-51,70H,40-43H2,1H3/t45?,49?,50-,51+,70?,71?. The topological polar surface area (TPSA) is 16.4 Å². The summed E-state index contributed by atoms with van der Waals surface area (Å²) in [6.07, 6.45) is 5.24. The highest BCUT2D eigenvalue weighted by Gasteiger charge is 2.70. The molecule has 354 valence electrons. The largest absolute Gasteiger partial charge is 0.456 e. The number of nitrogens with zero attached hydrogens (tertiary/aromatic N) is 1. The van der Waals surface area contributed by atoms with Gasteiger partial charge in [-0.3, -0.25) is 0 Å². The average Bonchev–Trinajstić information content (AvgIpc) is 4.18. The van der Waals surface area contributed by atoms with Crippen molar-refractivity contribution in [2.45, 2.75) is 49.4 Å². The van der Waals surface area contributed by atoms with Crippen LogP contribution < -0.4 is 4.90 Å². The molecule has 16 rings (SSSR count). The fraction of sp³-hybridized carbons (Fsp3) is 0.167. The van der Waals surface area contributed by atoms with Gasteiger partial charge in [-0.15, -0.1) is 0 Å². The predicted molar refractivity (Wildman–Crippen MR) is 305 cm³/mol. The molecule has 0 radical (unpaired) electrons. The normalized spacial score (nSPS) is 22.2. The van der Waals surface area contributed by atoms with Gasteiger partial charge in [0, 0.05) is 33.2 Å². The number of para-hydroxylation sites is 1. The van der Waals surface area contributed by atoms with Crippen LogP contribution in [0.3, 0.4) is 0 Å². The third kappa shape index (κ3) is 5.72. The molecule has 4 unspecified atom stereocenters. The quantitative estimate of drug-likeness (QED) is 0.165. The summed E-state index contributed by atoms with van der Waals surface area (Å²) in [6, 6.07) is 89.6. The van der Waals surface area contributed by atoms with E-state index in [0.29, 0.717) is 23.7 Å². The van der Waals surface area contributed by atoms with Gasteiger partial charge in [0.15, 0.2) is 0 Å². The molecule has 2 bridgehead atoms. The van der Waals surface area contributed by atoms with E-state index in [1.54, 1.807) is 11.1 Å². The second kappa shape index (κ2) is 15.9. The minimum absolute atomic E-state index is 0.0359. The Morgan fingerprint density at radius 3 is 1.65 bits per heavy atom. The van der Waals surface area contributed by atoms with E-state index in [1.807, 2.05) is 0 Å². The minimum atomic E-state index is -0.443. The van der Waals surface area contributed by atoms with E-state index in [2.05, 4.69) is 248 Å². The van der Waals surface area contributed by atoms with Gasteiger partial charge in [-0.1, -0.05) is 195 Å². The van der Waals surface area contributed by atoms with Crippen molar-refractivity contribution in [3.63, 3.8) is 0 Å². The Kier molecular flexibility index (Phi) is 9.09. The molecule has 0 aliphatic heterocycles. The molecule has 5 aliphatic carbocycles. The van der Waals surface area contributed by atoms with Crippen LogP contribution in [-0.4, -0.2) is 0 Å². The number of hydrogen-bond donors (Lipinski definition) is 0. The predicted octanol–water partition coefficient (Wildman–Crippen LogP) is 18.8. The molecule has 1 aromatic heterocycles. The lowest BCUT2D eigenvalue weighted by atomic mass is 9.53. The van der Waals surface area contributed by atoms with Crippen molar-refractivity contribution in [2.75, 3.05) is 4.90 Å². The maximum absolute atomic E-state index is 6.39. The summed E-state index contributed by atoms with van der Waals surface area (Å²) in [4.78, 5) is 2.55. The Morgan fingerprint density at radius 2 is 0.932 bits per heavy atom. The van der Waals surface area contributed by atoms with Crippen molar-refractivity contribution >= 4 is 39.0 Å². The van der Waals surface area contributed by atoms with E-state index in [0.717, 1.165) is 39.2 Å². The van der Waals surface area contributed by atoms with E-state index in [9.17, 15) is 0 Å². The third-order valence-corrected chi connectivity index (χ3v) is 19.0. The van der Waals surface area contributed by atoms with E-state index in [-0.39, 0.29) is 5.41 Å². The number of benzene rings is 10. The Bertz CT molecular complexity index is 3970. The highest BCUT2D eigenvalue weighted by molar-refractivity contribution is 6.13. The maximum atomic E-state index is 6.39. The summed E-state index contributed by atoms with van der Waals surface area (Å²) in [5, 5.41) is 2.30. The lowest BCUT2D eigenvalue weighted by Crippen LogP contribution is -2.46. The summed E-state index contributed by atoms with van der Waals surface area (Å²) < 4.78 is 6.39. The first-order valence-corrected chi connectivity index (χ1v) is 27.1. The average molecular weight is 950 g/mol. The first-order chi connectivity index (χ1) is 36.6. The molecular formula is C72H55NO. The third-order valence-electron chi connectivity index (χ3n) is 19.0. The number of furan rings is 1. The van der Waals surface area contributed by atoms with E-state index < -0.39 is 5.41 Å². The highest BCUT2D eigenvalue weighted by Crippen LogP contribution is 2.77. The lowest BCUT2D eigenvalue weighted by molar-refractivity contribution is 0.0823. The minimum Gasteiger partial charge on any atom is -0.456 e. The van der Waals surface area contributed by atoms with Crippen molar-refractivity contribution in [3.8, 4) is 44.5 Å². The van der Waals surface area contributed by atoms with Crippen molar-refractivity contribution < 1.29 is 4.42 Å². The zero-order valence-electron chi connectivity index (χ0n) is 41.6. The molecular weight excluding hydrogens is 895 g/mol. The molecule has 74 heavy (non-hydrogen) atoms. The summed E-state index contributed by atoms with van der Waals surface area (Å²) in [5.74, 6) is 3.14. The Balaban J connectivity index is 0.918. The zero-order valence-corrected chi connectivity index (χ0v) is 41.6. The molecule has 2 nitrogen and oxygen atoms in total. The zero-order chi connectivity index (χ0) is 48.7. The van der Waals surface area contributed by atoms with Gasteiger partial charge in [0.25, 0.3) is 0 Å². The molecule has 5 aliphatic rings. The Morgan fingerprint density at radius 1 is 0.392 bits per heavy atom. The van der Waals surface area contributed by atoms with Crippen LogP contribution in [0.2, 0.25) is 0 Å². The number of fused-ring (bicyclic) bond motifs is 12. The van der Waals surface area contributed by atoms with Crippen LogP contribution in [0.1, 0.15) is 71.9 Å². The number of rotatable bonds is 6. The second-order valence-electron chi connectivity index (χ2n) is 22.4. The molecule has 2 heteroatoms. The molecule has 0 N–H and O–H groups in total. The van der Waals surface area contributed by atoms with Crippen LogP contribution in [0, 0.1) is 23.7 Å². The van der Waals surface area contributed by atoms with Crippen molar-refractivity contribution in [3.05, 3.63) is 270 Å². The van der Waals surface area contributed by atoms with Crippen molar-refractivity contribution in [2.24, 2.45) is 23.7 Å². The molecule has 1 heterocycles. The summed E-state index contributed by atoms with van der Waals surface area (Å²) >= 11 is 0. The van der Waals surface area contributed by atoms with Gasteiger partial charge in [0.05, 0.1) is 5.41 Å². The molecule has 0 saturated heterocycles. The summed E-state index contributed by atoms with van der Waals surface area (Å²) in [7, 11) is 0. The van der Waals surface area contributed by atoms with Crippen LogP contribution in [0.5, 0.6) is 0 Å². The van der Waals surface area contributed by atoms with Gasteiger partial charge < -0.3 is 9.32 Å². The van der Waals surface area contributed by atoms with Crippen LogP contribution in [-0.2, 0) is 10.8 Å². The van der Waals surface area contributed by atoms with E-state index >= 15 is 0 Å². The van der Waals surface area contributed by atoms with Crippen LogP contribution in [0.25, 0.3) is 66.4 Å². The van der Waals surface area contributed by atoms with Crippen LogP contribution in [0.15, 0.2) is 241 Å². The van der Waals surface area contributed by atoms with Gasteiger partial charge >= 0.3 is 0 Å². The Hall–Kier alpha value is -8.20. The molecule has 11 aromatic rings. The molecule has 0 amide bonds. The monoisotopic (exact) mass is 949 g/mol. The van der Waals surface area contributed by atoms with Crippen molar-refractivity contribution in [1.29, 1.82) is 0 Å². The van der Waals surface area contributed by atoms with Gasteiger partial charge in [-0.2, -0.15) is 0 Å². The first kappa shape index (κ1) is 42.3.